The Morgan fingerprint density at radius 1 is 1.17 bits per heavy atom. The number of Topliss-reactive ketones (excluding diaryl/α,β-unsaturated/α-hetero) is 1. The van der Waals surface area contributed by atoms with E-state index < -0.39 is 0 Å². The predicted molar refractivity (Wildman–Crippen MR) is 120 cm³/mol. The second kappa shape index (κ2) is 8.20. The lowest BCUT2D eigenvalue weighted by molar-refractivity contribution is 0.102. The Kier molecular flexibility index (Phi) is 5.65. The molecule has 6 heteroatoms. The molecule has 0 fully saturated rings. The monoisotopic (exact) mass is 422 g/mol. The minimum atomic E-state index is -0.0380. The molecular formula is C23H22N2O2S2. The van der Waals surface area contributed by atoms with Crippen LogP contribution < -0.4 is 5.56 Å². The van der Waals surface area contributed by atoms with Gasteiger partial charge in [0.15, 0.2) is 10.9 Å². The minimum absolute atomic E-state index is 0.0278. The van der Waals surface area contributed by atoms with Crippen LogP contribution >= 0.6 is 23.5 Å². The van der Waals surface area contributed by atoms with Crippen LogP contribution in [0.25, 0.3) is 5.69 Å². The Bertz CT molecular complexity index is 1120. The fraction of sp³-hybridized carbons (Fsp3) is 0.261. The third-order valence-corrected chi connectivity index (χ3v) is 6.93. The molecular weight excluding hydrogens is 400 g/mol. The van der Waals surface area contributed by atoms with Crippen molar-refractivity contribution >= 4 is 29.3 Å². The first kappa shape index (κ1) is 20.0. The lowest BCUT2D eigenvalue weighted by Gasteiger charge is -2.15. The number of carbonyl (C=O) groups excluding carboxylic acids is 1. The Labute approximate surface area is 178 Å². The molecule has 1 aliphatic rings. The van der Waals surface area contributed by atoms with Crippen LogP contribution in [0.2, 0.25) is 0 Å². The predicted octanol–water partition coefficient (Wildman–Crippen LogP) is 4.86. The van der Waals surface area contributed by atoms with E-state index in [1.165, 1.54) is 11.8 Å². The molecule has 1 aliphatic heterocycles. The van der Waals surface area contributed by atoms with Crippen LogP contribution in [-0.4, -0.2) is 26.3 Å². The first-order chi connectivity index (χ1) is 13.9. The lowest BCUT2D eigenvalue weighted by atomic mass is 10.1. The van der Waals surface area contributed by atoms with Crippen molar-refractivity contribution in [3.05, 3.63) is 81.3 Å². The second-order valence-electron chi connectivity index (χ2n) is 7.37. The van der Waals surface area contributed by atoms with E-state index >= 15 is 0 Å². The van der Waals surface area contributed by atoms with E-state index in [9.17, 15) is 9.59 Å². The molecule has 148 valence electrons. The molecule has 0 bridgehead atoms. The largest absolute Gasteiger partial charge is 0.293 e. The number of benzene rings is 2. The fourth-order valence-corrected chi connectivity index (χ4v) is 5.56. The molecule has 1 aromatic heterocycles. The molecule has 0 saturated carbocycles. The van der Waals surface area contributed by atoms with Crippen LogP contribution in [-0.2, 0) is 6.42 Å². The van der Waals surface area contributed by atoms with Gasteiger partial charge in [-0.05, 0) is 37.1 Å². The average Bonchev–Trinajstić information content (AvgIpc) is 3.06. The Hall–Kier alpha value is -2.31. The van der Waals surface area contributed by atoms with Gasteiger partial charge in [0, 0.05) is 17.2 Å². The van der Waals surface area contributed by atoms with Gasteiger partial charge in [-0.3, -0.25) is 14.2 Å². The van der Waals surface area contributed by atoms with Gasteiger partial charge >= 0.3 is 0 Å². The minimum Gasteiger partial charge on any atom is -0.293 e. The van der Waals surface area contributed by atoms with Gasteiger partial charge in [-0.2, -0.15) is 0 Å². The molecule has 0 saturated heterocycles. The molecule has 2 heterocycles. The lowest BCUT2D eigenvalue weighted by Crippen LogP contribution is -2.24. The number of aryl methyl sites for hydroxylation is 2. The molecule has 0 N–H and O–H groups in total. The van der Waals surface area contributed by atoms with Crippen LogP contribution in [0.5, 0.6) is 0 Å². The number of fused-ring (bicyclic) bond motifs is 1. The van der Waals surface area contributed by atoms with Crippen LogP contribution in [0, 0.1) is 13.8 Å². The molecule has 0 unspecified atom stereocenters. The average molecular weight is 423 g/mol. The maximum Gasteiger partial charge on any atom is 0.272 e. The number of thioether (sulfide) groups is 2. The van der Waals surface area contributed by atoms with Gasteiger partial charge in [0.05, 0.1) is 22.0 Å². The van der Waals surface area contributed by atoms with Crippen molar-refractivity contribution in [2.24, 2.45) is 0 Å². The summed E-state index contributed by atoms with van der Waals surface area (Å²) in [5.74, 6) is 0.267. The van der Waals surface area contributed by atoms with E-state index in [2.05, 4.69) is 13.0 Å². The molecule has 0 amide bonds. The maximum absolute atomic E-state index is 13.4. The summed E-state index contributed by atoms with van der Waals surface area (Å²) in [7, 11) is 0. The van der Waals surface area contributed by atoms with Crippen molar-refractivity contribution in [3.8, 4) is 5.69 Å². The number of carbonyl (C=O) groups is 1. The second-order valence-corrected chi connectivity index (χ2v) is 9.76. The van der Waals surface area contributed by atoms with E-state index in [1.54, 1.807) is 16.3 Å². The number of hydrogen-bond acceptors (Lipinski definition) is 5. The van der Waals surface area contributed by atoms with Crippen LogP contribution in [0.15, 0.2) is 63.4 Å². The van der Waals surface area contributed by atoms with Crippen LogP contribution in [0.4, 0.5) is 0 Å². The zero-order valence-electron chi connectivity index (χ0n) is 16.6. The molecule has 3 aromatic rings. The molecule has 4 nitrogen and oxygen atoms in total. The molecule has 0 spiro atoms. The standard InChI is InChI=1S/C23H22N2O2S2/c1-14-9-15(2)11-18(10-14)25-22(27)21-19(12-16(3)29-21)24-23(25)28-13-20(26)17-7-5-4-6-8-17/h4-11,16H,12-13H2,1-3H3/t16-/m0/s1. The summed E-state index contributed by atoms with van der Waals surface area (Å²) in [6.45, 7) is 6.15. The number of aromatic nitrogens is 2. The first-order valence-electron chi connectivity index (χ1n) is 9.54. The van der Waals surface area contributed by atoms with Crippen molar-refractivity contribution in [3.63, 3.8) is 0 Å². The van der Waals surface area contributed by atoms with Crippen molar-refractivity contribution in [2.75, 3.05) is 5.75 Å². The normalized spacial score (nSPS) is 15.3. The highest BCUT2D eigenvalue weighted by molar-refractivity contribution is 8.00. The Morgan fingerprint density at radius 3 is 2.55 bits per heavy atom. The molecule has 2 aromatic carbocycles. The van der Waals surface area contributed by atoms with Crippen LogP contribution in [0.3, 0.4) is 0 Å². The molecule has 29 heavy (non-hydrogen) atoms. The zero-order chi connectivity index (χ0) is 20.5. The molecule has 4 rings (SSSR count). The first-order valence-corrected chi connectivity index (χ1v) is 11.4. The van der Waals surface area contributed by atoms with Crippen molar-refractivity contribution in [1.82, 2.24) is 9.55 Å². The van der Waals surface area contributed by atoms with E-state index in [1.807, 2.05) is 56.3 Å². The summed E-state index contributed by atoms with van der Waals surface area (Å²) in [6.07, 6.45) is 0.781. The summed E-state index contributed by atoms with van der Waals surface area (Å²) in [4.78, 5) is 31.5. The van der Waals surface area contributed by atoms with Crippen molar-refractivity contribution in [1.29, 1.82) is 0 Å². The summed E-state index contributed by atoms with van der Waals surface area (Å²) < 4.78 is 1.67. The zero-order valence-corrected chi connectivity index (χ0v) is 18.3. The highest BCUT2D eigenvalue weighted by Crippen LogP contribution is 2.35. The van der Waals surface area contributed by atoms with E-state index in [-0.39, 0.29) is 17.1 Å². The van der Waals surface area contributed by atoms with E-state index in [0.29, 0.717) is 16.0 Å². The molecule has 0 radical (unpaired) electrons. The highest BCUT2D eigenvalue weighted by Gasteiger charge is 2.27. The molecule has 1 atom stereocenters. The van der Waals surface area contributed by atoms with Gasteiger partial charge in [-0.25, -0.2) is 4.98 Å². The Morgan fingerprint density at radius 2 is 1.86 bits per heavy atom. The smallest absolute Gasteiger partial charge is 0.272 e. The SMILES string of the molecule is Cc1cc(C)cc(-n2c(SCC(=O)c3ccccc3)nc3c(c2=O)S[C@@H](C)C3)c1. The molecule has 0 aliphatic carbocycles. The third kappa shape index (κ3) is 4.19. The number of nitrogens with zero attached hydrogens (tertiary/aromatic N) is 2. The highest BCUT2D eigenvalue weighted by atomic mass is 32.2. The third-order valence-electron chi connectivity index (χ3n) is 4.77. The van der Waals surface area contributed by atoms with Gasteiger partial charge in [-0.15, -0.1) is 11.8 Å². The summed E-state index contributed by atoms with van der Waals surface area (Å²) in [5.41, 5.74) is 4.46. The number of hydrogen-bond donors (Lipinski definition) is 0. The van der Waals surface area contributed by atoms with Gasteiger partial charge < -0.3 is 0 Å². The van der Waals surface area contributed by atoms with E-state index in [4.69, 9.17) is 4.98 Å². The summed E-state index contributed by atoms with van der Waals surface area (Å²) >= 11 is 2.92. The topological polar surface area (TPSA) is 52.0 Å². The van der Waals surface area contributed by atoms with Crippen molar-refractivity contribution in [2.45, 2.75) is 42.5 Å². The van der Waals surface area contributed by atoms with Gasteiger partial charge in [0.2, 0.25) is 0 Å². The fourth-order valence-electron chi connectivity index (χ4n) is 3.54. The van der Waals surface area contributed by atoms with Gasteiger partial charge in [-0.1, -0.05) is 55.1 Å². The summed E-state index contributed by atoms with van der Waals surface area (Å²) in [5, 5.41) is 0.918. The number of ketones is 1. The van der Waals surface area contributed by atoms with Crippen molar-refractivity contribution < 1.29 is 4.79 Å². The maximum atomic E-state index is 13.4. The Balaban J connectivity index is 1.76. The van der Waals surface area contributed by atoms with Gasteiger partial charge in [0.1, 0.15) is 0 Å². The van der Waals surface area contributed by atoms with E-state index in [0.717, 1.165) is 33.8 Å². The number of rotatable bonds is 5. The van der Waals surface area contributed by atoms with Crippen LogP contribution in [0.1, 0.15) is 34.1 Å². The quantitative estimate of drug-likeness (QED) is 0.334. The summed E-state index contributed by atoms with van der Waals surface area (Å²) in [6, 6.07) is 15.3. The van der Waals surface area contributed by atoms with Gasteiger partial charge in [0.25, 0.3) is 5.56 Å².